The van der Waals surface area contributed by atoms with Gasteiger partial charge in [-0.25, -0.2) is 0 Å². The lowest BCUT2D eigenvalue weighted by Crippen LogP contribution is -2.38. The van der Waals surface area contributed by atoms with E-state index < -0.39 is 5.97 Å². The summed E-state index contributed by atoms with van der Waals surface area (Å²) in [6.07, 6.45) is 6.83. The zero-order valence-corrected chi connectivity index (χ0v) is 11.8. The molecule has 1 saturated heterocycles. The lowest BCUT2D eigenvalue weighted by atomic mass is 9.79. The standard InChI is InChI=1S/C15H27NO2/c1-11(2)13-4-3-5-14(9-13)16-7-6-12(10-16)8-15(17)18/h11-14H,3-10H2,1-2H3,(H,17,18). The Hall–Kier alpha value is -0.570. The Morgan fingerprint density at radius 2 is 2.11 bits per heavy atom. The third-order valence-electron chi connectivity index (χ3n) is 4.93. The molecular formula is C15H27NO2. The van der Waals surface area contributed by atoms with Gasteiger partial charge in [0, 0.05) is 19.0 Å². The van der Waals surface area contributed by atoms with E-state index in [1.54, 1.807) is 0 Å². The predicted octanol–water partition coefficient (Wildman–Crippen LogP) is 3.00. The highest BCUT2D eigenvalue weighted by Gasteiger charge is 2.33. The minimum absolute atomic E-state index is 0.358. The highest BCUT2D eigenvalue weighted by atomic mass is 16.4. The van der Waals surface area contributed by atoms with E-state index in [2.05, 4.69) is 18.7 Å². The molecule has 3 unspecified atom stereocenters. The minimum Gasteiger partial charge on any atom is -0.481 e. The van der Waals surface area contributed by atoms with Crippen molar-refractivity contribution in [3.63, 3.8) is 0 Å². The van der Waals surface area contributed by atoms with Crippen LogP contribution < -0.4 is 0 Å². The van der Waals surface area contributed by atoms with E-state index in [-0.39, 0.29) is 0 Å². The van der Waals surface area contributed by atoms with Crippen molar-refractivity contribution in [2.24, 2.45) is 17.8 Å². The molecular weight excluding hydrogens is 226 g/mol. The van der Waals surface area contributed by atoms with Crippen LogP contribution in [0.2, 0.25) is 0 Å². The van der Waals surface area contributed by atoms with Crippen LogP contribution in [0.1, 0.15) is 52.4 Å². The van der Waals surface area contributed by atoms with Gasteiger partial charge in [-0.2, -0.15) is 0 Å². The van der Waals surface area contributed by atoms with Gasteiger partial charge in [-0.1, -0.05) is 26.7 Å². The van der Waals surface area contributed by atoms with Crippen molar-refractivity contribution in [1.82, 2.24) is 4.90 Å². The highest BCUT2D eigenvalue weighted by molar-refractivity contribution is 5.67. The Bertz CT molecular complexity index is 290. The Kier molecular flexibility index (Phi) is 4.66. The van der Waals surface area contributed by atoms with E-state index >= 15 is 0 Å². The van der Waals surface area contributed by atoms with Crippen molar-refractivity contribution in [3.8, 4) is 0 Å². The molecule has 1 heterocycles. The number of hydrogen-bond donors (Lipinski definition) is 1. The largest absolute Gasteiger partial charge is 0.481 e. The summed E-state index contributed by atoms with van der Waals surface area (Å²) in [4.78, 5) is 13.3. The van der Waals surface area contributed by atoms with Gasteiger partial charge in [0.1, 0.15) is 0 Å². The maximum Gasteiger partial charge on any atom is 0.303 e. The fourth-order valence-corrected chi connectivity index (χ4v) is 3.75. The molecule has 0 aromatic heterocycles. The molecule has 0 radical (unpaired) electrons. The molecule has 104 valence electrons. The number of aliphatic carboxylic acids is 1. The van der Waals surface area contributed by atoms with Gasteiger partial charge in [0.2, 0.25) is 0 Å². The van der Waals surface area contributed by atoms with Gasteiger partial charge in [-0.05, 0) is 43.6 Å². The van der Waals surface area contributed by atoms with E-state index in [0.717, 1.165) is 37.4 Å². The third-order valence-corrected chi connectivity index (χ3v) is 4.93. The molecule has 2 fully saturated rings. The first-order valence-electron chi connectivity index (χ1n) is 7.52. The molecule has 1 N–H and O–H groups in total. The van der Waals surface area contributed by atoms with Crippen LogP contribution in [0.15, 0.2) is 0 Å². The average Bonchev–Trinajstić information content (AvgIpc) is 2.77. The van der Waals surface area contributed by atoms with Gasteiger partial charge in [0.25, 0.3) is 0 Å². The second-order valence-corrected chi connectivity index (χ2v) is 6.57. The molecule has 0 bridgehead atoms. The molecule has 0 spiro atoms. The first kappa shape index (κ1) is 13.9. The van der Waals surface area contributed by atoms with Crippen LogP contribution in [-0.4, -0.2) is 35.1 Å². The van der Waals surface area contributed by atoms with Gasteiger partial charge in [-0.15, -0.1) is 0 Å². The topological polar surface area (TPSA) is 40.5 Å². The number of nitrogens with zero attached hydrogens (tertiary/aromatic N) is 1. The zero-order chi connectivity index (χ0) is 13.1. The van der Waals surface area contributed by atoms with Crippen LogP contribution in [-0.2, 0) is 4.79 Å². The molecule has 0 aromatic rings. The maximum absolute atomic E-state index is 10.8. The van der Waals surface area contributed by atoms with Gasteiger partial charge in [-0.3, -0.25) is 4.79 Å². The first-order chi connectivity index (χ1) is 8.56. The van der Waals surface area contributed by atoms with Crippen molar-refractivity contribution in [3.05, 3.63) is 0 Å². The second kappa shape index (κ2) is 6.05. The van der Waals surface area contributed by atoms with Crippen LogP contribution in [0.4, 0.5) is 0 Å². The summed E-state index contributed by atoms with van der Waals surface area (Å²) >= 11 is 0. The maximum atomic E-state index is 10.8. The smallest absolute Gasteiger partial charge is 0.303 e. The molecule has 2 aliphatic rings. The summed E-state index contributed by atoms with van der Waals surface area (Å²) in [7, 11) is 0. The molecule has 1 aliphatic carbocycles. The Labute approximate surface area is 111 Å². The van der Waals surface area contributed by atoms with Crippen molar-refractivity contribution in [2.75, 3.05) is 13.1 Å². The number of carboxylic acids is 1. The summed E-state index contributed by atoms with van der Waals surface area (Å²) < 4.78 is 0. The van der Waals surface area contributed by atoms with Gasteiger partial charge in [0.15, 0.2) is 0 Å². The Morgan fingerprint density at radius 1 is 1.33 bits per heavy atom. The van der Waals surface area contributed by atoms with Crippen molar-refractivity contribution in [1.29, 1.82) is 0 Å². The van der Waals surface area contributed by atoms with E-state index in [0.29, 0.717) is 12.3 Å². The zero-order valence-electron chi connectivity index (χ0n) is 11.8. The second-order valence-electron chi connectivity index (χ2n) is 6.57. The summed E-state index contributed by atoms with van der Waals surface area (Å²) in [5.74, 6) is 1.43. The van der Waals surface area contributed by atoms with Crippen LogP contribution in [0.5, 0.6) is 0 Å². The van der Waals surface area contributed by atoms with Crippen molar-refractivity contribution in [2.45, 2.75) is 58.4 Å². The molecule has 0 amide bonds. The highest BCUT2D eigenvalue weighted by Crippen LogP contribution is 2.34. The number of likely N-dealkylation sites (tertiary alicyclic amines) is 1. The predicted molar refractivity (Wildman–Crippen MR) is 72.5 cm³/mol. The van der Waals surface area contributed by atoms with E-state index in [1.165, 1.54) is 25.7 Å². The van der Waals surface area contributed by atoms with E-state index in [4.69, 9.17) is 5.11 Å². The fraction of sp³-hybridized carbons (Fsp3) is 0.933. The number of rotatable bonds is 4. The summed E-state index contributed by atoms with van der Waals surface area (Å²) in [6.45, 7) is 6.81. The number of hydrogen-bond acceptors (Lipinski definition) is 2. The van der Waals surface area contributed by atoms with Crippen molar-refractivity contribution < 1.29 is 9.90 Å². The van der Waals surface area contributed by atoms with Gasteiger partial charge >= 0.3 is 5.97 Å². The normalized spacial score (nSPS) is 34.1. The molecule has 1 aliphatic heterocycles. The van der Waals surface area contributed by atoms with Gasteiger partial charge < -0.3 is 10.0 Å². The SMILES string of the molecule is CC(C)C1CCCC(N2CCC(CC(=O)O)C2)C1. The molecule has 2 rings (SSSR count). The average molecular weight is 253 g/mol. The minimum atomic E-state index is -0.634. The van der Waals surface area contributed by atoms with Crippen LogP contribution in [0.25, 0.3) is 0 Å². The molecule has 18 heavy (non-hydrogen) atoms. The lowest BCUT2D eigenvalue weighted by Gasteiger charge is -2.37. The summed E-state index contributed by atoms with van der Waals surface area (Å²) in [5.41, 5.74) is 0. The van der Waals surface area contributed by atoms with E-state index in [1.807, 2.05) is 0 Å². The van der Waals surface area contributed by atoms with Crippen LogP contribution >= 0.6 is 0 Å². The summed E-state index contributed by atoms with van der Waals surface area (Å²) in [5, 5.41) is 8.87. The molecule has 3 heteroatoms. The van der Waals surface area contributed by atoms with Gasteiger partial charge in [0.05, 0.1) is 0 Å². The molecule has 3 nitrogen and oxygen atoms in total. The first-order valence-corrected chi connectivity index (χ1v) is 7.52. The third kappa shape index (κ3) is 3.47. The quantitative estimate of drug-likeness (QED) is 0.837. The summed E-state index contributed by atoms with van der Waals surface area (Å²) in [6, 6.07) is 0.727. The van der Waals surface area contributed by atoms with Crippen LogP contribution in [0, 0.1) is 17.8 Å². The lowest BCUT2D eigenvalue weighted by molar-refractivity contribution is -0.138. The number of carboxylic acid groups (broad SMARTS) is 1. The number of carbonyl (C=O) groups is 1. The molecule has 3 atom stereocenters. The molecule has 0 aromatic carbocycles. The van der Waals surface area contributed by atoms with Crippen LogP contribution in [0.3, 0.4) is 0 Å². The fourth-order valence-electron chi connectivity index (χ4n) is 3.75. The monoisotopic (exact) mass is 253 g/mol. The van der Waals surface area contributed by atoms with E-state index in [9.17, 15) is 4.79 Å². The molecule has 1 saturated carbocycles. The Morgan fingerprint density at radius 3 is 2.78 bits per heavy atom. The Balaban J connectivity index is 1.83. The van der Waals surface area contributed by atoms with Crippen molar-refractivity contribution >= 4 is 5.97 Å².